The highest BCUT2D eigenvalue weighted by Crippen LogP contribution is 2.48. The lowest BCUT2D eigenvalue weighted by Gasteiger charge is -2.42. The van der Waals surface area contributed by atoms with Crippen molar-refractivity contribution in [3.8, 4) is 40.6 Å². The summed E-state index contributed by atoms with van der Waals surface area (Å²) < 4.78 is 92.3. The molecular weight excluding hydrogens is 1370 g/mol. The highest BCUT2D eigenvalue weighted by atomic mass is 31.2. The van der Waals surface area contributed by atoms with Gasteiger partial charge in [0, 0.05) is 38.4 Å². The lowest BCUT2D eigenvalue weighted by molar-refractivity contribution is -0.0995. The lowest BCUT2D eigenvalue weighted by Crippen LogP contribution is -2.57. The van der Waals surface area contributed by atoms with Crippen molar-refractivity contribution in [1.29, 1.82) is 5.26 Å². The Labute approximate surface area is 636 Å². The standard InChI is InChI=1S/C89H108N3O14P/c1-69(2)92(70(3)4)107(105-64-21-56-90)106-65-22-57-91(5)86(66-99-58-23-61-102-87(71-26-15-12-16-27-71,74-32-44-80(93-6)45-33-74)75-34-46-81(94-7)47-35-75,67-100-59-24-62-103-88(72-28-17-13-18-29-72,76-36-48-82(95-8)49-37-76)77-38-50-83(96-9)51-39-77)68-101-60-25-63-104-89(73-30-19-14-20-31-73,78-40-52-84(97-10)53-41-78)79-42-54-85(98-11)55-43-79/h12-20,26-55,69-70H,21-25,57-68H2,1-11H3. The Bertz CT molecular complexity index is 3480. The topological polar surface area (TPSA) is 159 Å². The van der Waals surface area contributed by atoms with Crippen LogP contribution in [0.3, 0.4) is 0 Å². The maximum absolute atomic E-state index is 9.52. The van der Waals surface area contributed by atoms with Crippen molar-refractivity contribution in [2.45, 2.75) is 94.2 Å². The Kier molecular flexibility index (Phi) is 32.4. The molecule has 9 aromatic carbocycles. The fourth-order valence-electron chi connectivity index (χ4n) is 13.6. The minimum Gasteiger partial charge on any atom is -0.497 e. The molecule has 1 atom stereocenters. The van der Waals surface area contributed by atoms with Crippen LogP contribution in [0.25, 0.3) is 0 Å². The number of ether oxygens (including phenoxy) is 12. The Morgan fingerprint density at radius 2 is 0.579 bits per heavy atom. The largest absolute Gasteiger partial charge is 0.497 e. The van der Waals surface area contributed by atoms with Crippen LogP contribution in [-0.4, -0.2) is 156 Å². The zero-order chi connectivity index (χ0) is 75.8. The van der Waals surface area contributed by atoms with E-state index in [1.807, 2.05) is 127 Å². The van der Waals surface area contributed by atoms with E-state index in [0.29, 0.717) is 78.5 Å². The van der Waals surface area contributed by atoms with Crippen molar-refractivity contribution < 1.29 is 65.9 Å². The van der Waals surface area contributed by atoms with Gasteiger partial charge in [-0.2, -0.15) is 5.26 Å². The number of benzene rings is 9. The monoisotopic (exact) mass is 1470 g/mol. The Hall–Kier alpha value is -8.70. The van der Waals surface area contributed by atoms with Gasteiger partial charge in [-0.05, 0) is 183 Å². The highest BCUT2D eigenvalue weighted by molar-refractivity contribution is 7.44. The second kappa shape index (κ2) is 42.2. The molecule has 107 heavy (non-hydrogen) atoms. The molecule has 0 saturated heterocycles. The molecule has 0 aliphatic carbocycles. The average molecular weight is 1470 g/mol. The van der Waals surface area contributed by atoms with Crippen LogP contribution in [-0.2, 0) is 54.3 Å². The first-order valence-electron chi connectivity index (χ1n) is 36.9. The molecule has 0 amide bonds. The summed E-state index contributed by atoms with van der Waals surface area (Å²) in [5, 5.41) is 9.52. The van der Waals surface area contributed by atoms with Gasteiger partial charge in [0.05, 0.1) is 114 Å². The van der Waals surface area contributed by atoms with Gasteiger partial charge in [0.1, 0.15) is 51.3 Å². The molecule has 0 saturated carbocycles. The maximum atomic E-state index is 9.52. The summed E-state index contributed by atoms with van der Waals surface area (Å²) in [6.07, 6.45) is 2.52. The van der Waals surface area contributed by atoms with Gasteiger partial charge in [-0.15, -0.1) is 0 Å². The SMILES string of the molecule is COc1ccc(C(OCCCOCC(COCCCOC(c2ccccc2)(c2ccc(OC)cc2)c2ccc(OC)cc2)(COCCCOC(c2ccccc2)(c2ccc(OC)cc2)c2ccc(OC)cc2)N(C)CCCOP(OCCC#N)N(C(C)C)C(C)C)(c2ccccc2)c2ccc(OC)cc2)cc1. The minimum absolute atomic E-state index is 0.144. The van der Waals surface area contributed by atoms with Crippen LogP contribution >= 0.6 is 8.53 Å². The number of rotatable bonds is 48. The predicted molar refractivity (Wildman–Crippen MR) is 422 cm³/mol. The molecule has 0 aliphatic heterocycles. The van der Waals surface area contributed by atoms with Crippen LogP contribution in [0.15, 0.2) is 237 Å². The number of hydrogen-bond acceptors (Lipinski definition) is 17. The second-order valence-corrected chi connectivity index (χ2v) is 28.1. The molecule has 0 spiro atoms. The average Bonchev–Trinajstić information content (AvgIpc) is 0.766. The fourth-order valence-corrected chi connectivity index (χ4v) is 15.2. The quantitative estimate of drug-likeness (QED) is 0.0201. The van der Waals surface area contributed by atoms with E-state index < -0.39 is 30.9 Å². The van der Waals surface area contributed by atoms with E-state index in [4.69, 9.17) is 65.9 Å². The van der Waals surface area contributed by atoms with Gasteiger partial charge < -0.3 is 65.9 Å². The fraction of sp³-hybridized carbons (Fsp3) is 0.382. The molecule has 0 aliphatic rings. The van der Waals surface area contributed by atoms with Crippen LogP contribution < -0.4 is 28.4 Å². The Balaban J connectivity index is 1.02. The van der Waals surface area contributed by atoms with Crippen LogP contribution in [0.1, 0.15) is 110 Å². The Morgan fingerprint density at radius 3 is 0.822 bits per heavy atom. The van der Waals surface area contributed by atoms with E-state index in [1.54, 1.807) is 42.7 Å². The van der Waals surface area contributed by atoms with Crippen molar-refractivity contribution in [3.05, 3.63) is 287 Å². The lowest BCUT2D eigenvalue weighted by atomic mass is 9.80. The molecule has 18 heteroatoms. The van der Waals surface area contributed by atoms with E-state index in [1.165, 1.54) is 0 Å². The smallest absolute Gasteiger partial charge is 0.259 e. The first-order chi connectivity index (χ1) is 52.3. The summed E-state index contributed by atoms with van der Waals surface area (Å²) in [5.74, 6) is 4.44. The molecule has 9 rings (SSSR count). The summed E-state index contributed by atoms with van der Waals surface area (Å²) in [4.78, 5) is 2.30. The number of hydrogen-bond donors (Lipinski definition) is 0. The molecule has 0 N–H and O–H groups in total. The van der Waals surface area contributed by atoms with Gasteiger partial charge >= 0.3 is 0 Å². The number of likely N-dealkylation sites (N-methyl/N-ethyl adjacent to an activating group) is 1. The summed E-state index contributed by atoms with van der Waals surface area (Å²) in [6.45, 7) is 12.5. The van der Waals surface area contributed by atoms with E-state index in [-0.39, 0.29) is 44.9 Å². The van der Waals surface area contributed by atoms with Crippen molar-refractivity contribution in [2.24, 2.45) is 0 Å². The molecule has 0 radical (unpaired) electrons. The van der Waals surface area contributed by atoms with Gasteiger partial charge in [0.25, 0.3) is 8.53 Å². The number of nitrogens with zero attached hydrogens (tertiary/aromatic N) is 3. The first-order valence-corrected chi connectivity index (χ1v) is 38.0. The van der Waals surface area contributed by atoms with Crippen LogP contribution in [0, 0.1) is 11.3 Å². The molecule has 0 bridgehead atoms. The zero-order valence-electron chi connectivity index (χ0n) is 64.2. The molecule has 9 aromatic rings. The molecule has 1 unspecified atom stereocenters. The zero-order valence-corrected chi connectivity index (χ0v) is 65.1. The minimum atomic E-state index is -1.47. The molecular formula is C89H108N3O14P. The molecule has 568 valence electrons. The van der Waals surface area contributed by atoms with E-state index in [2.05, 4.69) is 160 Å². The molecule has 17 nitrogen and oxygen atoms in total. The van der Waals surface area contributed by atoms with Gasteiger partial charge in [0.2, 0.25) is 0 Å². The van der Waals surface area contributed by atoms with Gasteiger partial charge in [-0.25, -0.2) is 4.67 Å². The van der Waals surface area contributed by atoms with Crippen molar-refractivity contribution in [2.75, 3.05) is 129 Å². The normalized spacial score (nSPS) is 12.4. The van der Waals surface area contributed by atoms with Gasteiger partial charge in [-0.1, -0.05) is 164 Å². The van der Waals surface area contributed by atoms with E-state index >= 15 is 0 Å². The summed E-state index contributed by atoms with van der Waals surface area (Å²) in [6, 6.07) is 81.9. The highest BCUT2D eigenvalue weighted by Gasteiger charge is 2.42. The van der Waals surface area contributed by atoms with Crippen molar-refractivity contribution in [1.82, 2.24) is 9.57 Å². The third-order valence-electron chi connectivity index (χ3n) is 19.2. The van der Waals surface area contributed by atoms with E-state index in [0.717, 1.165) is 84.6 Å². The van der Waals surface area contributed by atoms with E-state index in [9.17, 15) is 5.26 Å². The van der Waals surface area contributed by atoms with Crippen molar-refractivity contribution >= 4 is 8.53 Å². The molecule has 0 fully saturated rings. The predicted octanol–water partition coefficient (Wildman–Crippen LogP) is 17.6. The second-order valence-electron chi connectivity index (χ2n) is 26.7. The van der Waals surface area contributed by atoms with Crippen LogP contribution in [0.5, 0.6) is 34.5 Å². The Morgan fingerprint density at radius 1 is 0.327 bits per heavy atom. The molecule has 0 heterocycles. The van der Waals surface area contributed by atoms with Crippen LogP contribution in [0.2, 0.25) is 0 Å². The van der Waals surface area contributed by atoms with Gasteiger partial charge in [0.15, 0.2) is 0 Å². The summed E-state index contributed by atoms with van der Waals surface area (Å²) in [5.41, 5.74) is 4.61. The van der Waals surface area contributed by atoms with Gasteiger partial charge in [-0.3, -0.25) is 4.90 Å². The van der Waals surface area contributed by atoms with Crippen molar-refractivity contribution in [3.63, 3.8) is 0 Å². The maximum Gasteiger partial charge on any atom is 0.259 e. The summed E-state index contributed by atoms with van der Waals surface area (Å²) in [7, 11) is 10.7. The van der Waals surface area contributed by atoms with Crippen LogP contribution in [0.4, 0.5) is 0 Å². The number of methoxy groups -OCH3 is 6. The summed E-state index contributed by atoms with van der Waals surface area (Å²) >= 11 is 0. The molecule has 0 aromatic heterocycles. The number of nitriles is 1. The first kappa shape index (κ1) is 82.4. The third-order valence-corrected chi connectivity index (χ3v) is 21.3. The third kappa shape index (κ3) is 21.2.